The second-order valence-corrected chi connectivity index (χ2v) is 4.07. The van der Waals surface area contributed by atoms with Crippen molar-refractivity contribution in [2.75, 3.05) is 19.6 Å². The number of primary amides is 1. The van der Waals surface area contributed by atoms with Crippen molar-refractivity contribution in [3.63, 3.8) is 0 Å². The lowest BCUT2D eigenvalue weighted by Crippen LogP contribution is -2.58. The largest absolute Gasteiger partial charge is 0.452 e. The Labute approximate surface area is 103 Å². The fourth-order valence-corrected chi connectivity index (χ4v) is 2.00. The van der Waals surface area contributed by atoms with E-state index in [-0.39, 0.29) is 16.7 Å². The number of nitrogens with two attached hydrogens (primary N) is 1. The SMILES string of the molecule is NC(=O)C1CNCCN1C(=O)c1ccoc1Cl. The third-order valence-electron chi connectivity index (χ3n) is 2.68. The van der Waals surface area contributed by atoms with Crippen LogP contribution < -0.4 is 11.1 Å². The molecular weight excluding hydrogens is 246 g/mol. The number of rotatable bonds is 2. The van der Waals surface area contributed by atoms with E-state index in [4.69, 9.17) is 21.8 Å². The fraction of sp³-hybridized carbons (Fsp3) is 0.400. The van der Waals surface area contributed by atoms with E-state index < -0.39 is 11.9 Å². The fourth-order valence-electron chi connectivity index (χ4n) is 1.80. The summed E-state index contributed by atoms with van der Waals surface area (Å²) in [4.78, 5) is 24.8. The van der Waals surface area contributed by atoms with Crippen LogP contribution in [0.3, 0.4) is 0 Å². The number of carbonyl (C=O) groups excluding carboxylic acids is 2. The second-order valence-electron chi connectivity index (χ2n) is 3.73. The van der Waals surface area contributed by atoms with Crippen LogP contribution in [0.5, 0.6) is 0 Å². The summed E-state index contributed by atoms with van der Waals surface area (Å²) in [7, 11) is 0. The molecular formula is C10H12ClN3O3. The highest BCUT2D eigenvalue weighted by molar-refractivity contribution is 6.32. The molecule has 0 aliphatic carbocycles. The second kappa shape index (κ2) is 4.77. The van der Waals surface area contributed by atoms with E-state index in [1.165, 1.54) is 17.2 Å². The Bertz CT molecular complexity index is 446. The minimum atomic E-state index is -0.651. The highest BCUT2D eigenvalue weighted by atomic mass is 35.5. The Hall–Kier alpha value is -1.53. The van der Waals surface area contributed by atoms with Crippen molar-refractivity contribution in [2.24, 2.45) is 5.73 Å². The first-order valence-electron chi connectivity index (χ1n) is 5.15. The summed E-state index contributed by atoms with van der Waals surface area (Å²) in [6.45, 7) is 1.38. The molecule has 1 aromatic rings. The summed E-state index contributed by atoms with van der Waals surface area (Å²) < 4.78 is 4.86. The molecule has 0 bridgehead atoms. The maximum absolute atomic E-state index is 12.1. The van der Waals surface area contributed by atoms with Crippen LogP contribution in [-0.2, 0) is 4.79 Å². The lowest BCUT2D eigenvalue weighted by Gasteiger charge is -2.33. The molecule has 1 fully saturated rings. The number of nitrogens with zero attached hydrogens (tertiary/aromatic N) is 1. The molecule has 1 aromatic heterocycles. The van der Waals surface area contributed by atoms with E-state index >= 15 is 0 Å². The first kappa shape index (κ1) is 11.9. The van der Waals surface area contributed by atoms with Crippen molar-refractivity contribution in [2.45, 2.75) is 6.04 Å². The van der Waals surface area contributed by atoms with Crippen LogP contribution in [0.15, 0.2) is 16.7 Å². The summed E-state index contributed by atoms with van der Waals surface area (Å²) in [5, 5.41) is 3.03. The first-order chi connectivity index (χ1) is 8.11. The van der Waals surface area contributed by atoms with Gasteiger partial charge in [0, 0.05) is 19.6 Å². The predicted octanol–water partition coefficient (Wildman–Crippen LogP) is -0.168. The number of piperazine rings is 1. The highest BCUT2D eigenvalue weighted by Gasteiger charge is 2.32. The van der Waals surface area contributed by atoms with Gasteiger partial charge in [0.2, 0.25) is 11.1 Å². The quantitative estimate of drug-likeness (QED) is 0.770. The maximum atomic E-state index is 12.1. The van der Waals surface area contributed by atoms with Gasteiger partial charge in [0.15, 0.2) is 0 Å². The van der Waals surface area contributed by atoms with Crippen LogP contribution in [-0.4, -0.2) is 42.4 Å². The molecule has 0 saturated carbocycles. The van der Waals surface area contributed by atoms with Crippen LogP contribution in [0.2, 0.25) is 5.22 Å². The predicted molar refractivity (Wildman–Crippen MR) is 60.6 cm³/mol. The Kier molecular flexibility index (Phi) is 3.35. The van der Waals surface area contributed by atoms with E-state index in [2.05, 4.69) is 5.32 Å². The van der Waals surface area contributed by atoms with Crippen LogP contribution in [0.25, 0.3) is 0 Å². The van der Waals surface area contributed by atoms with Gasteiger partial charge in [-0.3, -0.25) is 9.59 Å². The molecule has 0 radical (unpaired) electrons. The van der Waals surface area contributed by atoms with E-state index in [0.717, 1.165) is 0 Å². The molecule has 17 heavy (non-hydrogen) atoms. The molecule has 2 rings (SSSR count). The van der Waals surface area contributed by atoms with Gasteiger partial charge < -0.3 is 20.4 Å². The number of carbonyl (C=O) groups is 2. The molecule has 1 aliphatic heterocycles. The molecule has 6 nitrogen and oxygen atoms in total. The standard InChI is InChI=1S/C10H12ClN3O3/c11-8-6(1-4-17-8)10(16)14-3-2-13-5-7(14)9(12)15/h1,4,7,13H,2-3,5H2,(H2,12,15). The van der Waals surface area contributed by atoms with Crippen molar-refractivity contribution >= 4 is 23.4 Å². The lowest BCUT2D eigenvalue weighted by atomic mass is 10.1. The van der Waals surface area contributed by atoms with Gasteiger partial charge in [0.05, 0.1) is 11.8 Å². The van der Waals surface area contributed by atoms with Crippen molar-refractivity contribution in [1.82, 2.24) is 10.2 Å². The molecule has 7 heteroatoms. The van der Waals surface area contributed by atoms with E-state index in [9.17, 15) is 9.59 Å². The smallest absolute Gasteiger partial charge is 0.259 e. The van der Waals surface area contributed by atoms with Crippen LogP contribution in [0.1, 0.15) is 10.4 Å². The minimum Gasteiger partial charge on any atom is -0.452 e. The maximum Gasteiger partial charge on any atom is 0.259 e. The zero-order valence-corrected chi connectivity index (χ0v) is 9.74. The normalized spacial score (nSPS) is 20.3. The molecule has 0 aromatic carbocycles. The monoisotopic (exact) mass is 257 g/mol. The molecule has 0 spiro atoms. The van der Waals surface area contributed by atoms with Crippen molar-refractivity contribution < 1.29 is 14.0 Å². The lowest BCUT2D eigenvalue weighted by molar-refractivity contribution is -0.122. The van der Waals surface area contributed by atoms with Gasteiger partial charge >= 0.3 is 0 Å². The van der Waals surface area contributed by atoms with Gasteiger partial charge in [0.25, 0.3) is 5.91 Å². The Morgan fingerprint density at radius 1 is 1.59 bits per heavy atom. The molecule has 1 aliphatic rings. The van der Waals surface area contributed by atoms with Gasteiger partial charge in [-0.1, -0.05) is 0 Å². The zero-order chi connectivity index (χ0) is 12.4. The molecule has 1 atom stereocenters. The molecule has 1 saturated heterocycles. The summed E-state index contributed by atoms with van der Waals surface area (Å²) >= 11 is 5.74. The summed E-state index contributed by atoms with van der Waals surface area (Å²) in [5.41, 5.74) is 5.51. The Balaban J connectivity index is 2.23. The van der Waals surface area contributed by atoms with E-state index in [0.29, 0.717) is 19.6 Å². The third-order valence-corrected chi connectivity index (χ3v) is 2.97. The molecule has 92 valence electrons. The van der Waals surface area contributed by atoms with Crippen LogP contribution in [0.4, 0.5) is 0 Å². The van der Waals surface area contributed by atoms with E-state index in [1.54, 1.807) is 0 Å². The van der Waals surface area contributed by atoms with Gasteiger partial charge in [-0.05, 0) is 17.7 Å². The van der Waals surface area contributed by atoms with Crippen molar-refractivity contribution in [3.8, 4) is 0 Å². The molecule has 2 amide bonds. The summed E-state index contributed by atoms with van der Waals surface area (Å²) in [5.74, 6) is -0.876. The van der Waals surface area contributed by atoms with Crippen molar-refractivity contribution in [1.29, 1.82) is 0 Å². The number of hydrogen-bond donors (Lipinski definition) is 2. The number of furan rings is 1. The van der Waals surface area contributed by atoms with Gasteiger partial charge in [-0.15, -0.1) is 0 Å². The third kappa shape index (κ3) is 2.27. The van der Waals surface area contributed by atoms with Gasteiger partial charge in [-0.2, -0.15) is 0 Å². The minimum absolute atomic E-state index is 0.0248. The van der Waals surface area contributed by atoms with Crippen molar-refractivity contribution in [3.05, 3.63) is 23.1 Å². The van der Waals surface area contributed by atoms with E-state index in [1.807, 2.05) is 0 Å². The summed E-state index contributed by atoms with van der Waals surface area (Å²) in [6.07, 6.45) is 1.33. The van der Waals surface area contributed by atoms with Gasteiger partial charge in [0.1, 0.15) is 6.04 Å². The summed E-state index contributed by atoms with van der Waals surface area (Å²) in [6, 6.07) is 0.826. The zero-order valence-electron chi connectivity index (χ0n) is 8.98. The average molecular weight is 258 g/mol. The Morgan fingerprint density at radius 2 is 2.35 bits per heavy atom. The molecule has 1 unspecified atom stereocenters. The number of nitrogens with one attached hydrogen (secondary N) is 1. The van der Waals surface area contributed by atoms with Crippen LogP contribution >= 0.6 is 11.6 Å². The highest BCUT2D eigenvalue weighted by Crippen LogP contribution is 2.20. The first-order valence-corrected chi connectivity index (χ1v) is 5.53. The molecule has 3 N–H and O–H groups in total. The number of amides is 2. The number of halogens is 1. The number of hydrogen-bond acceptors (Lipinski definition) is 4. The molecule has 2 heterocycles. The average Bonchev–Trinajstić information content (AvgIpc) is 2.74. The van der Waals surface area contributed by atoms with Crippen LogP contribution in [0, 0.1) is 0 Å². The topological polar surface area (TPSA) is 88.6 Å². The Morgan fingerprint density at radius 3 is 2.94 bits per heavy atom. The van der Waals surface area contributed by atoms with Gasteiger partial charge in [-0.25, -0.2) is 0 Å².